The van der Waals surface area contributed by atoms with Gasteiger partial charge in [0.2, 0.25) is 15.9 Å². The molecule has 1 aliphatic carbocycles. The quantitative estimate of drug-likeness (QED) is 0.231. The van der Waals surface area contributed by atoms with Crippen molar-refractivity contribution >= 4 is 32.4 Å². The van der Waals surface area contributed by atoms with Crippen molar-refractivity contribution in [2.24, 2.45) is 5.92 Å². The molecule has 1 saturated carbocycles. The van der Waals surface area contributed by atoms with E-state index >= 15 is 0 Å². The van der Waals surface area contributed by atoms with Gasteiger partial charge in [0.05, 0.1) is 4.90 Å². The van der Waals surface area contributed by atoms with Crippen molar-refractivity contribution in [1.82, 2.24) is 15.0 Å². The summed E-state index contributed by atoms with van der Waals surface area (Å²) in [5.74, 6) is 0.313. The number of carbonyl (C=O) groups excluding carboxylic acids is 1. The van der Waals surface area contributed by atoms with Crippen LogP contribution in [-0.2, 0) is 21.2 Å². The highest BCUT2D eigenvalue weighted by Gasteiger charge is 2.29. The smallest absolute Gasteiger partial charge is 0.241 e. The van der Waals surface area contributed by atoms with Crippen molar-refractivity contribution < 1.29 is 13.2 Å². The number of nitrogens with zero attached hydrogens (tertiary/aromatic N) is 1. The predicted octanol–water partition coefficient (Wildman–Crippen LogP) is 4.75. The van der Waals surface area contributed by atoms with Gasteiger partial charge in [-0.25, -0.2) is 13.1 Å². The Morgan fingerprint density at radius 1 is 0.895 bits per heavy atom. The summed E-state index contributed by atoms with van der Waals surface area (Å²) < 4.78 is 29.2. The van der Waals surface area contributed by atoms with Gasteiger partial charge >= 0.3 is 0 Å². The number of aromatic nitrogens is 1. The molecule has 3 N–H and O–H groups in total. The van der Waals surface area contributed by atoms with Gasteiger partial charge in [0.25, 0.3) is 0 Å². The van der Waals surface area contributed by atoms with Crippen LogP contribution in [0.25, 0.3) is 21.9 Å². The lowest BCUT2D eigenvalue weighted by atomic mass is 10.0. The average molecular weight is 529 g/mol. The predicted molar refractivity (Wildman–Crippen MR) is 151 cm³/mol. The van der Waals surface area contributed by atoms with E-state index in [4.69, 9.17) is 0 Å². The molecular formula is C30H32N4O3S. The minimum Gasteiger partial charge on any atom is -0.326 e. The maximum absolute atomic E-state index is 13.3. The van der Waals surface area contributed by atoms with Crippen molar-refractivity contribution in [3.63, 3.8) is 0 Å². The molecule has 1 fully saturated rings. The second kappa shape index (κ2) is 11.9. The normalized spacial score (nSPS) is 13.5. The SMILES string of the molecule is O=C(Nc1ccc(CCCNCCNS(=O)(=O)c2cc(-c3ccccc3)cc3cnccc23)cc1)C1CC1. The molecule has 5 rings (SSSR count). The standard InChI is InChI=1S/C30H32N4O3S/c35-30(24-10-11-24)34-27-12-8-22(9-13-27)5-4-15-31-17-18-33-38(36,37)29-20-25(23-6-2-1-3-7-23)19-26-21-32-16-14-28(26)29/h1-3,6-9,12-14,16,19-21,24,31,33H,4-5,10-11,15,17-18H2,(H,34,35). The first-order valence-corrected chi connectivity index (χ1v) is 14.5. The molecule has 1 aromatic heterocycles. The van der Waals surface area contributed by atoms with Crippen LogP contribution in [0.1, 0.15) is 24.8 Å². The molecule has 4 aromatic rings. The maximum Gasteiger partial charge on any atom is 0.241 e. The van der Waals surface area contributed by atoms with Gasteiger partial charge in [0, 0.05) is 47.9 Å². The molecular weight excluding hydrogens is 496 g/mol. The van der Waals surface area contributed by atoms with Crippen molar-refractivity contribution in [3.05, 3.63) is 90.8 Å². The molecule has 0 saturated heterocycles. The summed E-state index contributed by atoms with van der Waals surface area (Å²) in [7, 11) is -3.72. The van der Waals surface area contributed by atoms with E-state index in [-0.39, 0.29) is 16.7 Å². The molecule has 0 aliphatic heterocycles. The number of aryl methyl sites for hydroxylation is 1. The molecule has 0 atom stereocenters. The van der Waals surface area contributed by atoms with E-state index in [0.29, 0.717) is 18.5 Å². The molecule has 1 heterocycles. The second-order valence-electron chi connectivity index (χ2n) is 9.65. The summed E-state index contributed by atoms with van der Waals surface area (Å²) >= 11 is 0. The first kappa shape index (κ1) is 26.0. The number of carbonyl (C=O) groups is 1. The first-order chi connectivity index (χ1) is 18.5. The molecule has 1 aliphatic rings. The van der Waals surface area contributed by atoms with E-state index in [0.717, 1.165) is 54.4 Å². The number of hydrogen-bond donors (Lipinski definition) is 3. The Labute approximate surface area is 223 Å². The van der Waals surface area contributed by atoms with Gasteiger partial charge in [-0.1, -0.05) is 42.5 Å². The van der Waals surface area contributed by atoms with Crippen LogP contribution in [0.2, 0.25) is 0 Å². The Morgan fingerprint density at radius 3 is 2.45 bits per heavy atom. The molecule has 0 spiro atoms. The fourth-order valence-electron chi connectivity index (χ4n) is 4.43. The molecule has 3 aromatic carbocycles. The molecule has 0 bridgehead atoms. The fraction of sp³-hybridized carbons (Fsp3) is 0.267. The van der Waals surface area contributed by atoms with Crippen LogP contribution in [0.15, 0.2) is 90.1 Å². The van der Waals surface area contributed by atoms with Gasteiger partial charge in [0.1, 0.15) is 0 Å². The maximum atomic E-state index is 13.3. The summed E-state index contributed by atoms with van der Waals surface area (Å²) in [6.45, 7) is 1.60. The number of nitrogens with one attached hydrogen (secondary N) is 3. The molecule has 38 heavy (non-hydrogen) atoms. The molecule has 0 unspecified atom stereocenters. The van der Waals surface area contributed by atoms with Crippen LogP contribution in [0, 0.1) is 5.92 Å². The summed E-state index contributed by atoms with van der Waals surface area (Å²) in [6.07, 6.45) is 7.13. The van der Waals surface area contributed by atoms with Crippen LogP contribution >= 0.6 is 0 Å². The second-order valence-corrected chi connectivity index (χ2v) is 11.4. The Hall–Kier alpha value is -3.59. The van der Waals surface area contributed by atoms with Gasteiger partial charge in [0.15, 0.2) is 0 Å². The van der Waals surface area contributed by atoms with Gasteiger partial charge in [-0.15, -0.1) is 0 Å². The zero-order chi connectivity index (χ0) is 26.4. The lowest BCUT2D eigenvalue weighted by Gasteiger charge is -2.13. The molecule has 0 radical (unpaired) electrons. The minimum absolute atomic E-state index is 0.117. The molecule has 196 valence electrons. The third-order valence-electron chi connectivity index (χ3n) is 6.69. The van der Waals surface area contributed by atoms with Gasteiger partial charge < -0.3 is 10.6 Å². The fourth-order valence-corrected chi connectivity index (χ4v) is 5.72. The van der Waals surface area contributed by atoms with Crippen LogP contribution in [0.3, 0.4) is 0 Å². The number of rotatable bonds is 12. The Bertz CT molecular complexity index is 1500. The number of sulfonamides is 1. The van der Waals surface area contributed by atoms with Crippen molar-refractivity contribution in [3.8, 4) is 11.1 Å². The number of hydrogen-bond acceptors (Lipinski definition) is 5. The highest BCUT2D eigenvalue weighted by Crippen LogP contribution is 2.31. The van der Waals surface area contributed by atoms with Gasteiger partial charge in [-0.3, -0.25) is 9.78 Å². The van der Waals surface area contributed by atoms with Crippen LogP contribution < -0.4 is 15.4 Å². The zero-order valence-corrected chi connectivity index (χ0v) is 22.0. The molecule has 1 amide bonds. The van der Waals surface area contributed by atoms with Crippen molar-refractivity contribution in [2.75, 3.05) is 25.0 Å². The largest absolute Gasteiger partial charge is 0.326 e. The van der Waals surface area contributed by atoms with E-state index < -0.39 is 10.0 Å². The number of pyridine rings is 1. The van der Waals surface area contributed by atoms with Crippen LogP contribution in [0.4, 0.5) is 5.69 Å². The third kappa shape index (κ3) is 6.64. The summed E-state index contributed by atoms with van der Waals surface area (Å²) in [5, 5.41) is 7.71. The van der Waals surface area contributed by atoms with Gasteiger partial charge in [-0.2, -0.15) is 0 Å². The summed E-state index contributed by atoms with van der Waals surface area (Å²) in [5.41, 5.74) is 3.84. The Kier molecular flexibility index (Phi) is 8.12. The lowest BCUT2D eigenvalue weighted by molar-refractivity contribution is -0.117. The van der Waals surface area contributed by atoms with E-state index in [1.807, 2.05) is 60.7 Å². The Morgan fingerprint density at radius 2 is 1.68 bits per heavy atom. The van der Waals surface area contributed by atoms with Crippen molar-refractivity contribution in [2.45, 2.75) is 30.6 Å². The topological polar surface area (TPSA) is 100 Å². The van der Waals surface area contributed by atoms with E-state index in [1.165, 1.54) is 5.56 Å². The van der Waals surface area contributed by atoms with E-state index in [1.54, 1.807) is 24.5 Å². The number of amides is 1. The van der Waals surface area contributed by atoms with Crippen LogP contribution in [-0.4, -0.2) is 38.9 Å². The zero-order valence-electron chi connectivity index (χ0n) is 21.2. The number of fused-ring (bicyclic) bond motifs is 1. The van der Waals surface area contributed by atoms with Gasteiger partial charge in [-0.05, 0) is 79.3 Å². The third-order valence-corrected chi connectivity index (χ3v) is 8.20. The summed E-state index contributed by atoms with van der Waals surface area (Å²) in [6, 6.07) is 23.2. The Balaban J connectivity index is 1.11. The first-order valence-electron chi connectivity index (χ1n) is 13.0. The van der Waals surface area contributed by atoms with Crippen LogP contribution in [0.5, 0.6) is 0 Å². The monoisotopic (exact) mass is 528 g/mol. The molecule has 8 heteroatoms. The number of benzene rings is 3. The lowest BCUT2D eigenvalue weighted by Crippen LogP contribution is -2.32. The van der Waals surface area contributed by atoms with E-state index in [2.05, 4.69) is 20.3 Å². The number of anilines is 1. The van der Waals surface area contributed by atoms with Crippen molar-refractivity contribution in [1.29, 1.82) is 0 Å². The highest BCUT2D eigenvalue weighted by atomic mass is 32.2. The summed E-state index contributed by atoms with van der Waals surface area (Å²) in [4.78, 5) is 16.3. The molecule has 7 nitrogen and oxygen atoms in total. The van der Waals surface area contributed by atoms with E-state index in [9.17, 15) is 13.2 Å². The average Bonchev–Trinajstić information content (AvgIpc) is 3.79. The minimum atomic E-state index is -3.72. The highest BCUT2D eigenvalue weighted by molar-refractivity contribution is 7.89.